The molecule has 0 fully saturated rings. The van der Waals surface area contributed by atoms with Crippen LogP contribution in [0.1, 0.15) is 32.6 Å². The normalized spacial score (nSPS) is 10.5. The highest BCUT2D eigenvalue weighted by molar-refractivity contribution is 7.16. The van der Waals surface area contributed by atoms with Gasteiger partial charge in [-0.25, -0.2) is 0 Å². The second-order valence-electron chi connectivity index (χ2n) is 3.39. The van der Waals surface area contributed by atoms with Crippen LogP contribution in [0, 0.1) is 6.92 Å². The standard InChI is InChI=1S/C12H12OS2/c1-3-9-5-7-15-12(9)10(13)11-8(2)4-6-14-11/h4-7H,3H2,1-2H3. The summed E-state index contributed by atoms with van der Waals surface area (Å²) in [6.07, 6.45) is 0.926. The maximum atomic E-state index is 12.2. The fraction of sp³-hybridized carbons (Fsp3) is 0.250. The van der Waals surface area contributed by atoms with Gasteiger partial charge in [0.2, 0.25) is 5.78 Å². The molecule has 0 aliphatic heterocycles. The lowest BCUT2D eigenvalue weighted by molar-refractivity contribution is 0.104. The summed E-state index contributed by atoms with van der Waals surface area (Å²) in [6, 6.07) is 4.04. The van der Waals surface area contributed by atoms with Crippen LogP contribution in [0.25, 0.3) is 0 Å². The number of hydrogen-bond acceptors (Lipinski definition) is 3. The first-order valence-electron chi connectivity index (χ1n) is 4.89. The minimum atomic E-state index is 0.189. The molecule has 0 aliphatic carbocycles. The third-order valence-electron chi connectivity index (χ3n) is 2.40. The highest BCUT2D eigenvalue weighted by Crippen LogP contribution is 2.25. The number of carbonyl (C=O) groups excluding carboxylic acids is 1. The minimum absolute atomic E-state index is 0.189. The summed E-state index contributed by atoms with van der Waals surface area (Å²) >= 11 is 3.08. The topological polar surface area (TPSA) is 17.1 Å². The summed E-state index contributed by atoms with van der Waals surface area (Å²) in [5.74, 6) is 0.189. The van der Waals surface area contributed by atoms with E-state index in [-0.39, 0.29) is 5.78 Å². The van der Waals surface area contributed by atoms with Crippen molar-refractivity contribution in [1.82, 2.24) is 0 Å². The van der Waals surface area contributed by atoms with Crippen LogP contribution in [0.3, 0.4) is 0 Å². The van der Waals surface area contributed by atoms with E-state index in [1.54, 1.807) is 11.3 Å². The Kier molecular flexibility index (Phi) is 3.03. The molecule has 2 rings (SSSR count). The Hall–Kier alpha value is -0.930. The third-order valence-corrected chi connectivity index (χ3v) is 4.37. The SMILES string of the molecule is CCc1ccsc1C(=O)c1sccc1C. The molecule has 0 saturated heterocycles. The van der Waals surface area contributed by atoms with Crippen molar-refractivity contribution in [3.63, 3.8) is 0 Å². The number of aryl methyl sites for hydroxylation is 2. The summed E-state index contributed by atoms with van der Waals surface area (Å²) in [4.78, 5) is 14.0. The van der Waals surface area contributed by atoms with Gasteiger partial charge in [-0.3, -0.25) is 4.79 Å². The molecule has 0 aromatic carbocycles. The molecule has 0 atom stereocenters. The van der Waals surface area contributed by atoms with Crippen LogP contribution in [0.4, 0.5) is 0 Å². The van der Waals surface area contributed by atoms with E-state index in [4.69, 9.17) is 0 Å². The van der Waals surface area contributed by atoms with Gasteiger partial charge in [0, 0.05) is 0 Å². The van der Waals surface area contributed by atoms with Crippen molar-refractivity contribution < 1.29 is 4.79 Å². The number of carbonyl (C=O) groups is 1. The van der Waals surface area contributed by atoms with Gasteiger partial charge < -0.3 is 0 Å². The fourth-order valence-electron chi connectivity index (χ4n) is 1.52. The fourth-order valence-corrected chi connectivity index (χ4v) is 3.40. The van der Waals surface area contributed by atoms with Gasteiger partial charge >= 0.3 is 0 Å². The van der Waals surface area contributed by atoms with Gasteiger partial charge in [-0.15, -0.1) is 22.7 Å². The molecule has 0 radical (unpaired) electrons. The van der Waals surface area contributed by atoms with Gasteiger partial charge in [-0.2, -0.15) is 0 Å². The summed E-state index contributed by atoms with van der Waals surface area (Å²) in [5, 5.41) is 3.97. The van der Waals surface area contributed by atoms with Crippen molar-refractivity contribution >= 4 is 28.5 Å². The molecule has 3 heteroatoms. The van der Waals surface area contributed by atoms with E-state index in [9.17, 15) is 4.79 Å². The number of ketones is 1. The Labute approximate surface area is 97.4 Å². The molecule has 2 heterocycles. The van der Waals surface area contributed by atoms with Crippen LogP contribution in [-0.4, -0.2) is 5.78 Å². The molecule has 0 saturated carbocycles. The Morgan fingerprint density at radius 2 is 1.87 bits per heavy atom. The Morgan fingerprint density at radius 1 is 1.20 bits per heavy atom. The van der Waals surface area contributed by atoms with Crippen LogP contribution >= 0.6 is 22.7 Å². The average Bonchev–Trinajstić information content (AvgIpc) is 2.84. The molecule has 1 nitrogen and oxygen atoms in total. The monoisotopic (exact) mass is 236 g/mol. The van der Waals surface area contributed by atoms with Gasteiger partial charge in [0.05, 0.1) is 9.75 Å². The predicted octanol–water partition coefficient (Wildman–Crippen LogP) is 3.91. The third kappa shape index (κ3) is 1.90. The second-order valence-corrected chi connectivity index (χ2v) is 5.22. The van der Waals surface area contributed by atoms with Crippen LogP contribution in [0.2, 0.25) is 0 Å². The summed E-state index contributed by atoms with van der Waals surface area (Å²) in [6.45, 7) is 4.07. The van der Waals surface area contributed by atoms with Crippen LogP contribution in [0.5, 0.6) is 0 Å². The van der Waals surface area contributed by atoms with Crippen molar-refractivity contribution in [3.05, 3.63) is 43.8 Å². The van der Waals surface area contributed by atoms with Crippen molar-refractivity contribution in [1.29, 1.82) is 0 Å². The number of thiophene rings is 2. The van der Waals surface area contributed by atoms with Crippen LogP contribution < -0.4 is 0 Å². The summed E-state index contributed by atoms with van der Waals surface area (Å²) in [7, 11) is 0. The molecule has 0 bridgehead atoms. The highest BCUT2D eigenvalue weighted by Gasteiger charge is 2.16. The summed E-state index contributed by atoms with van der Waals surface area (Å²) < 4.78 is 0. The van der Waals surface area contributed by atoms with E-state index in [1.165, 1.54) is 11.3 Å². The first-order valence-corrected chi connectivity index (χ1v) is 6.65. The molecule has 2 aromatic rings. The van der Waals surface area contributed by atoms with Crippen molar-refractivity contribution in [3.8, 4) is 0 Å². The Bertz CT molecular complexity index is 479. The van der Waals surface area contributed by atoms with E-state index in [0.717, 1.165) is 27.3 Å². The Balaban J connectivity index is 2.41. The van der Waals surface area contributed by atoms with Gasteiger partial charge in [0.25, 0.3) is 0 Å². The van der Waals surface area contributed by atoms with E-state index < -0.39 is 0 Å². The van der Waals surface area contributed by atoms with Crippen LogP contribution in [-0.2, 0) is 6.42 Å². The Morgan fingerprint density at radius 3 is 2.47 bits per heavy atom. The number of rotatable bonds is 3. The van der Waals surface area contributed by atoms with Crippen molar-refractivity contribution in [2.24, 2.45) is 0 Å². The molecular weight excluding hydrogens is 224 g/mol. The predicted molar refractivity (Wildman–Crippen MR) is 66.2 cm³/mol. The lowest BCUT2D eigenvalue weighted by Gasteiger charge is -1.99. The van der Waals surface area contributed by atoms with Crippen LogP contribution in [0.15, 0.2) is 22.9 Å². The van der Waals surface area contributed by atoms with Crippen molar-refractivity contribution in [2.75, 3.05) is 0 Å². The van der Waals surface area contributed by atoms with E-state index in [1.807, 2.05) is 29.8 Å². The van der Waals surface area contributed by atoms with E-state index in [0.29, 0.717) is 0 Å². The lowest BCUT2D eigenvalue weighted by atomic mass is 10.1. The maximum absolute atomic E-state index is 12.2. The van der Waals surface area contributed by atoms with Gasteiger partial charge in [0.1, 0.15) is 0 Å². The van der Waals surface area contributed by atoms with Gasteiger partial charge in [0.15, 0.2) is 0 Å². The molecule has 0 amide bonds. The molecule has 0 spiro atoms. The number of hydrogen-bond donors (Lipinski definition) is 0. The second kappa shape index (κ2) is 4.29. The summed E-state index contributed by atoms with van der Waals surface area (Å²) in [5.41, 5.74) is 2.25. The zero-order chi connectivity index (χ0) is 10.8. The lowest BCUT2D eigenvalue weighted by Crippen LogP contribution is -2.00. The molecule has 0 aliphatic rings. The molecule has 2 aromatic heterocycles. The quantitative estimate of drug-likeness (QED) is 0.738. The molecule has 78 valence electrons. The average molecular weight is 236 g/mol. The zero-order valence-electron chi connectivity index (χ0n) is 8.74. The molecule has 0 unspecified atom stereocenters. The van der Waals surface area contributed by atoms with E-state index in [2.05, 4.69) is 6.92 Å². The van der Waals surface area contributed by atoms with Gasteiger partial charge in [-0.1, -0.05) is 6.92 Å². The minimum Gasteiger partial charge on any atom is -0.287 e. The molecular formula is C12H12OS2. The maximum Gasteiger partial charge on any atom is 0.213 e. The smallest absolute Gasteiger partial charge is 0.213 e. The van der Waals surface area contributed by atoms with E-state index >= 15 is 0 Å². The molecule has 0 N–H and O–H groups in total. The zero-order valence-corrected chi connectivity index (χ0v) is 10.4. The first kappa shape index (κ1) is 10.6. The van der Waals surface area contributed by atoms with Crippen molar-refractivity contribution in [2.45, 2.75) is 20.3 Å². The first-order chi connectivity index (χ1) is 7.24. The largest absolute Gasteiger partial charge is 0.287 e. The highest BCUT2D eigenvalue weighted by atomic mass is 32.1. The molecule has 15 heavy (non-hydrogen) atoms. The van der Waals surface area contributed by atoms with Gasteiger partial charge in [-0.05, 0) is 47.4 Å².